The van der Waals surface area contributed by atoms with Crippen LogP contribution in [-0.4, -0.2) is 31.1 Å². The van der Waals surface area contributed by atoms with Gasteiger partial charge in [-0.05, 0) is 49.8 Å². The predicted octanol–water partition coefficient (Wildman–Crippen LogP) is 3.82. The number of piperidine rings is 1. The van der Waals surface area contributed by atoms with Crippen LogP contribution in [0.5, 0.6) is 0 Å². The highest BCUT2D eigenvalue weighted by molar-refractivity contribution is 5.14. The number of hydrogen-bond acceptors (Lipinski definition) is 2. The van der Waals surface area contributed by atoms with Gasteiger partial charge in [0.25, 0.3) is 0 Å². The number of hydrogen-bond donors (Lipinski definition) is 1. The third-order valence-electron chi connectivity index (χ3n) is 5.61. The normalized spacial score (nSPS) is 22.5. The van der Waals surface area contributed by atoms with Crippen molar-refractivity contribution in [3.63, 3.8) is 0 Å². The molecule has 2 aliphatic rings. The zero-order valence-corrected chi connectivity index (χ0v) is 13.3. The predicted molar refractivity (Wildman–Crippen MR) is 89.3 cm³/mol. The first-order chi connectivity index (χ1) is 10.4. The van der Waals surface area contributed by atoms with E-state index in [9.17, 15) is 0 Å². The van der Waals surface area contributed by atoms with Gasteiger partial charge < -0.3 is 10.2 Å². The van der Waals surface area contributed by atoms with Gasteiger partial charge in [-0.1, -0.05) is 49.6 Å². The first-order valence-corrected chi connectivity index (χ1v) is 8.83. The third-order valence-corrected chi connectivity index (χ3v) is 5.61. The van der Waals surface area contributed by atoms with Crippen molar-refractivity contribution in [3.8, 4) is 0 Å². The van der Waals surface area contributed by atoms with E-state index in [1.165, 1.54) is 70.1 Å². The molecule has 1 saturated heterocycles. The fraction of sp³-hybridized carbons (Fsp3) is 0.684. The van der Waals surface area contributed by atoms with E-state index in [1.807, 2.05) is 0 Å². The van der Waals surface area contributed by atoms with Gasteiger partial charge in [0, 0.05) is 19.6 Å². The highest BCUT2D eigenvalue weighted by Gasteiger charge is 2.35. The summed E-state index contributed by atoms with van der Waals surface area (Å²) in [7, 11) is 0. The maximum Gasteiger partial charge on any atom is 0.0206 e. The molecule has 2 nitrogen and oxygen atoms in total. The van der Waals surface area contributed by atoms with Crippen molar-refractivity contribution in [2.75, 3.05) is 26.2 Å². The Labute approximate surface area is 129 Å². The Morgan fingerprint density at radius 1 is 0.905 bits per heavy atom. The summed E-state index contributed by atoms with van der Waals surface area (Å²) in [5.41, 5.74) is 2.13. The van der Waals surface area contributed by atoms with Gasteiger partial charge in [-0.25, -0.2) is 0 Å². The molecule has 116 valence electrons. The van der Waals surface area contributed by atoms with Crippen molar-refractivity contribution in [2.24, 2.45) is 5.41 Å². The van der Waals surface area contributed by atoms with Crippen LogP contribution in [0.15, 0.2) is 30.3 Å². The third kappa shape index (κ3) is 4.31. The lowest BCUT2D eigenvalue weighted by atomic mass is 9.68. The van der Waals surface area contributed by atoms with Crippen LogP contribution in [0.2, 0.25) is 0 Å². The summed E-state index contributed by atoms with van der Waals surface area (Å²) in [6.45, 7) is 5.98. The van der Waals surface area contributed by atoms with Gasteiger partial charge in [-0.2, -0.15) is 0 Å². The van der Waals surface area contributed by atoms with Crippen LogP contribution < -0.4 is 5.32 Å². The summed E-state index contributed by atoms with van der Waals surface area (Å²) >= 11 is 0. The molecule has 0 unspecified atom stereocenters. The second-order valence-electron chi connectivity index (χ2n) is 7.06. The van der Waals surface area contributed by atoms with Gasteiger partial charge >= 0.3 is 0 Å². The second-order valence-corrected chi connectivity index (χ2v) is 7.06. The van der Waals surface area contributed by atoms with Crippen LogP contribution in [-0.2, 0) is 6.54 Å². The molecular formula is C19H30N2. The standard InChI is InChI=1S/C19H30N2/c1-3-7-18(8-4-1)17-20-13-16-21-14-11-19(12-15-21)9-5-2-6-10-19/h1,3-4,7-8,20H,2,5-6,9-17H2. The topological polar surface area (TPSA) is 15.3 Å². The molecule has 1 aliphatic heterocycles. The van der Waals surface area contributed by atoms with Gasteiger partial charge in [0.2, 0.25) is 0 Å². The van der Waals surface area contributed by atoms with Crippen molar-refractivity contribution >= 4 is 0 Å². The lowest BCUT2D eigenvalue weighted by molar-refractivity contribution is 0.0683. The van der Waals surface area contributed by atoms with E-state index in [0.29, 0.717) is 0 Å². The summed E-state index contributed by atoms with van der Waals surface area (Å²) in [5, 5.41) is 3.58. The SMILES string of the molecule is c1ccc(CNCCN2CCC3(CCCCC3)CC2)cc1. The zero-order valence-electron chi connectivity index (χ0n) is 13.3. The molecule has 0 bridgehead atoms. The number of nitrogens with one attached hydrogen (secondary N) is 1. The minimum Gasteiger partial charge on any atom is -0.311 e. The van der Waals surface area contributed by atoms with Crippen molar-refractivity contribution < 1.29 is 0 Å². The molecule has 1 heterocycles. The minimum absolute atomic E-state index is 0.742. The largest absolute Gasteiger partial charge is 0.311 e. The number of rotatable bonds is 5. The fourth-order valence-corrected chi connectivity index (χ4v) is 4.12. The lowest BCUT2D eigenvalue weighted by Gasteiger charge is -2.44. The molecular weight excluding hydrogens is 256 g/mol. The summed E-state index contributed by atoms with van der Waals surface area (Å²) in [6.07, 6.45) is 10.4. The molecule has 1 spiro atoms. The average molecular weight is 286 g/mol. The summed E-state index contributed by atoms with van der Waals surface area (Å²) in [4.78, 5) is 2.66. The van der Waals surface area contributed by atoms with E-state index >= 15 is 0 Å². The molecule has 0 amide bonds. The van der Waals surface area contributed by atoms with Crippen LogP contribution in [0.25, 0.3) is 0 Å². The molecule has 1 aromatic rings. The van der Waals surface area contributed by atoms with Gasteiger partial charge in [-0.3, -0.25) is 0 Å². The molecule has 1 N–H and O–H groups in total. The van der Waals surface area contributed by atoms with Gasteiger partial charge in [0.1, 0.15) is 0 Å². The molecule has 1 aliphatic carbocycles. The van der Waals surface area contributed by atoms with Crippen LogP contribution in [0.3, 0.4) is 0 Å². The lowest BCUT2D eigenvalue weighted by Crippen LogP contribution is -2.43. The Bertz CT molecular complexity index is 399. The summed E-state index contributed by atoms with van der Waals surface area (Å²) in [5.74, 6) is 0. The van der Waals surface area contributed by atoms with Crippen molar-refractivity contribution in [1.29, 1.82) is 0 Å². The highest BCUT2D eigenvalue weighted by Crippen LogP contribution is 2.44. The zero-order chi connectivity index (χ0) is 14.4. The smallest absolute Gasteiger partial charge is 0.0206 e. The van der Waals surface area contributed by atoms with Gasteiger partial charge in [-0.15, -0.1) is 0 Å². The maximum atomic E-state index is 3.58. The molecule has 0 atom stereocenters. The van der Waals surface area contributed by atoms with E-state index in [4.69, 9.17) is 0 Å². The van der Waals surface area contributed by atoms with E-state index in [2.05, 4.69) is 40.5 Å². The van der Waals surface area contributed by atoms with Gasteiger partial charge in [0.05, 0.1) is 0 Å². The van der Waals surface area contributed by atoms with E-state index in [-0.39, 0.29) is 0 Å². The van der Waals surface area contributed by atoms with Crippen molar-refractivity contribution in [2.45, 2.75) is 51.5 Å². The molecule has 3 rings (SSSR count). The Hall–Kier alpha value is -0.860. The Morgan fingerprint density at radius 3 is 2.33 bits per heavy atom. The number of likely N-dealkylation sites (tertiary alicyclic amines) is 1. The molecule has 0 radical (unpaired) electrons. The molecule has 0 aromatic heterocycles. The van der Waals surface area contributed by atoms with Crippen LogP contribution in [0, 0.1) is 5.41 Å². The van der Waals surface area contributed by atoms with E-state index < -0.39 is 0 Å². The molecule has 2 heteroatoms. The van der Waals surface area contributed by atoms with E-state index in [1.54, 1.807) is 0 Å². The van der Waals surface area contributed by atoms with Crippen molar-refractivity contribution in [1.82, 2.24) is 10.2 Å². The quantitative estimate of drug-likeness (QED) is 0.828. The van der Waals surface area contributed by atoms with Gasteiger partial charge in [0.15, 0.2) is 0 Å². The Kier molecular flexibility index (Phi) is 5.32. The fourth-order valence-electron chi connectivity index (χ4n) is 4.12. The monoisotopic (exact) mass is 286 g/mol. The summed E-state index contributed by atoms with van der Waals surface area (Å²) in [6, 6.07) is 10.7. The Balaban J connectivity index is 1.32. The molecule has 1 aromatic carbocycles. The minimum atomic E-state index is 0.742. The van der Waals surface area contributed by atoms with Crippen LogP contribution in [0.1, 0.15) is 50.5 Å². The van der Waals surface area contributed by atoms with Crippen LogP contribution >= 0.6 is 0 Å². The first kappa shape index (κ1) is 15.1. The average Bonchev–Trinajstić information content (AvgIpc) is 2.55. The molecule has 1 saturated carbocycles. The first-order valence-electron chi connectivity index (χ1n) is 8.83. The highest BCUT2D eigenvalue weighted by atomic mass is 15.1. The molecule has 21 heavy (non-hydrogen) atoms. The second kappa shape index (κ2) is 7.42. The van der Waals surface area contributed by atoms with Crippen LogP contribution in [0.4, 0.5) is 0 Å². The van der Waals surface area contributed by atoms with Crippen molar-refractivity contribution in [3.05, 3.63) is 35.9 Å². The summed E-state index contributed by atoms with van der Waals surface area (Å²) < 4.78 is 0. The molecule has 2 fully saturated rings. The number of nitrogens with zero attached hydrogens (tertiary/aromatic N) is 1. The van der Waals surface area contributed by atoms with E-state index in [0.717, 1.165) is 18.5 Å². The number of benzene rings is 1. The maximum absolute atomic E-state index is 3.58. The Morgan fingerprint density at radius 2 is 1.62 bits per heavy atom.